The van der Waals surface area contributed by atoms with Gasteiger partial charge in [0.15, 0.2) is 0 Å². The molecule has 0 spiro atoms. The minimum Gasteiger partial charge on any atom is -0.460 e. The van der Waals surface area contributed by atoms with E-state index in [2.05, 4.69) is 10.2 Å². The molecular weight excluding hydrogens is 264 g/mol. The highest BCUT2D eigenvalue weighted by atomic mass is 16.9. The minimum absolute atomic E-state index is 0.00245. The van der Waals surface area contributed by atoms with Gasteiger partial charge < -0.3 is 14.9 Å². The number of hydrogen-bond donors (Lipinski definition) is 1. The van der Waals surface area contributed by atoms with Gasteiger partial charge in [0, 0.05) is 6.54 Å². The van der Waals surface area contributed by atoms with Gasteiger partial charge in [-0.25, -0.2) is 0 Å². The van der Waals surface area contributed by atoms with E-state index in [0.717, 1.165) is 5.56 Å². The molecule has 1 aromatic carbocycles. The first-order valence-electron chi connectivity index (χ1n) is 6.36. The largest absolute Gasteiger partial charge is 0.460 e. The summed E-state index contributed by atoms with van der Waals surface area (Å²) in [5.41, 5.74) is 0.923. The standard InChI is InChI=1S/C13H16N2O5/c16-13(19-8-10-4-2-1-3-5-10)12-6-11(7-14-12)9-20-15(17)18/h1-5,11-12,14H,6-9H2. The molecular formula is C13H16N2O5. The van der Waals surface area contributed by atoms with Crippen LogP contribution < -0.4 is 5.32 Å². The Hall–Kier alpha value is -2.15. The van der Waals surface area contributed by atoms with Gasteiger partial charge in [-0.1, -0.05) is 30.3 Å². The van der Waals surface area contributed by atoms with Gasteiger partial charge in [0.25, 0.3) is 5.09 Å². The highest BCUT2D eigenvalue weighted by molar-refractivity contribution is 5.76. The first kappa shape index (κ1) is 14.3. The number of carbonyl (C=O) groups is 1. The number of esters is 1. The maximum absolute atomic E-state index is 11.8. The third kappa shape index (κ3) is 4.20. The Morgan fingerprint density at radius 2 is 2.15 bits per heavy atom. The molecule has 108 valence electrons. The van der Waals surface area contributed by atoms with Crippen LogP contribution in [0.5, 0.6) is 0 Å². The third-order valence-corrected chi connectivity index (χ3v) is 3.15. The van der Waals surface area contributed by atoms with Crippen molar-refractivity contribution in [1.29, 1.82) is 0 Å². The molecule has 1 aliphatic heterocycles. The van der Waals surface area contributed by atoms with E-state index in [1.54, 1.807) is 0 Å². The predicted molar refractivity (Wildman–Crippen MR) is 69.1 cm³/mol. The fourth-order valence-corrected chi connectivity index (χ4v) is 2.11. The van der Waals surface area contributed by atoms with Gasteiger partial charge in [-0.3, -0.25) is 4.79 Å². The maximum atomic E-state index is 11.8. The first-order valence-corrected chi connectivity index (χ1v) is 6.36. The zero-order chi connectivity index (χ0) is 14.4. The average molecular weight is 280 g/mol. The van der Waals surface area contributed by atoms with Gasteiger partial charge in [0.05, 0.1) is 0 Å². The van der Waals surface area contributed by atoms with Crippen molar-refractivity contribution in [1.82, 2.24) is 5.32 Å². The fourth-order valence-electron chi connectivity index (χ4n) is 2.11. The molecule has 7 nitrogen and oxygen atoms in total. The van der Waals surface area contributed by atoms with Gasteiger partial charge in [-0.05, 0) is 17.9 Å². The Morgan fingerprint density at radius 1 is 1.40 bits per heavy atom. The summed E-state index contributed by atoms with van der Waals surface area (Å²) in [5.74, 6) is -0.382. The second kappa shape index (κ2) is 6.85. The average Bonchev–Trinajstić information content (AvgIpc) is 2.92. The summed E-state index contributed by atoms with van der Waals surface area (Å²) in [5, 5.41) is 12.3. The molecule has 20 heavy (non-hydrogen) atoms. The molecule has 0 radical (unpaired) electrons. The lowest BCUT2D eigenvalue weighted by Gasteiger charge is -2.10. The number of hydrogen-bond acceptors (Lipinski definition) is 6. The molecule has 0 saturated carbocycles. The summed E-state index contributed by atoms with van der Waals surface area (Å²) in [6.07, 6.45) is 0.488. The lowest BCUT2D eigenvalue weighted by atomic mass is 10.1. The summed E-state index contributed by atoms with van der Waals surface area (Å²) in [6, 6.07) is 8.99. The predicted octanol–water partition coefficient (Wildman–Crippen LogP) is 0.916. The second-order valence-corrected chi connectivity index (χ2v) is 4.68. The Labute approximate surface area is 116 Å². The smallest absolute Gasteiger partial charge is 0.323 e. The van der Waals surface area contributed by atoms with Crippen LogP contribution in [0.15, 0.2) is 30.3 Å². The van der Waals surface area contributed by atoms with Crippen LogP contribution in [0, 0.1) is 16.0 Å². The van der Waals surface area contributed by atoms with Crippen LogP contribution in [-0.2, 0) is 21.0 Å². The molecule has 0 amide bonds. The van der Waals surface area contributed by atoms with E-state index < -0.39 is 11.1 Å². The number of carbonyl (C=O) groups excluding carboxylic acids is 1. The van der Waals surface area contributed by atoms with Crippen molar-refractivity contribution < 1.29 is 19.5 Å². The summed E-state index contributed by atoms with van der Waals surface area (Å²) in [4.78, 5) is 26.3. The van der Waals surface area contributed by atoms with Crippen molar-refractivity contribution in [3.8, 4) is 0 Å². The molecule has 2 unspecified atom stereocenters. The van der Waals surface area contributed by atoms with E-state index in [1.807, 2.05) is 30.3 Å². The van der Waals surface area contributed by atoms with Gasteiger partial charge in [-0.15, -0.1) is 10.1 Å². The SMILES string of the molecule is O=C(OCc1ccccc1)C1CC(CO[N+](=O)[O-])CN1. The van der Waals surface area contributed by atoms with Crippen LogP contribution in [-0.4, -0.2) is 30.2 Å². The van der Waals surface area contributed by atoms with Gasteiger partial charge >= 0.3 is 5.97 Å². The molecule has 1 fully saturated rings. The Morgan fingerprint density at radius 3 is 2.85 bits per heavy atom. The molecule has 2 rings (SSSR count). The molecule has 1 aromatic rings. The van der Waals surface area contributed by atoms with E-state index in [1.165, 1.54) is 0 Å². The van der Waals surface area contributed by atoms with Crippen molar-refractivity contribution >= 4 is 5.97 Å². The van der Waals surface area contributed by atoms with Crippen LogP contribution in [0.3, 0.4) is 0 Å². The van der Waals surface area contributed by atoms with Crippen molar-refractivity contribution in [2.75, 3.05) is 13.2 Å². The summed E-state index contributed by atoms with van der Waals surface area (Å²) >= 11 is 0. The van der Waals surface area contributed by atoms with Gasteiger partial charge in [0.2, 0.25) is 0 Å². The summed E-state index contributed by atoms with van der Waals surface area (Å²) < 4.78 is 5.21. The van der Waals surface area contributed by atoms with Gasteiger partial charge in [0.1, 0.15) is 19.3 Å². The highest BCUT2D eigenvalue weighted by Gasteiger charge is 2.31. The van der Waals surface area contributed by atoms with Crippen molar-refractivity contribution in [3.63, 3.8) is 0 Å². The second-order valence-electron chi connectivity index (χ2n) is 4.68. The lowest BCUT2D eigenvalue weighted by Crippen LogP contribution is -2.32. The topological polar surface area (TPSA) is 90.7 Å². The zero-order valence-corrected chi connectivity index (χ0v) is 10.9. The summed E-state index contributed by atoms with van der Waals surface area (Å²) in [6.45, 7) is 0.745. The number of nitrogens with one attached hydrogen (secondary N) is 1. The first-order chi connectivity index (χ1) is 9.65. The minimum atomic E-state index is -0.818. The third-order valence-electron chi connectivity index (χ3n) is 3.15. The maximum Gasteiger partial charge on any atom is 0.323 e. The van der Waals surface area contributed by atoms with Crippen molar-refractivity contribution in [3.05, 3.63) is 46.0 Å². The van der Waals surface area contributed by atoms with E-state index in [0.29, 0.717) is 13.0 Å². The zero-order valence-electron chi connectivity index (χ0n) is 10.9. The Balaban J connectivity index is 1.73. The Bertz CT molecular complexity index is 465. The van der Waals surface area contributed by atoms with Crippen molar-refractivity contribution in [2.45, 2.75) is 19.1 Å². The van der Waals surface area contributed by atoms with Crippen LogP contribution in [0.25, 0.3) is 0 Å². The van der Waals surface area contributed by atoms with Gasteiger partial charge in [-0.2, -0.15) is 0 Å². The van der Waals surface area contributed by atoms with E-state index in [9.17, 15) is 14.9 Å². The molecule has 2 atom stereocenters. The fraction of sp³-hybridized carbons (Fsp3) is 0.462. The molecule has 1 aliphatic rings. The Kier molecular flexibility index (Phi) is 4.89. The van der Waals surface area contributed by atoms with Crippen molar-refractivity contribution in [2.24, 2.45) is 5.92 Å². The summed E-state index contributed by atoms with van der Waals surface area (Å²) in [7, 11) is 0. The molecule has 0 aromatic heterocycles. The number of benzene rings is 1. The highest BCUT2D eigenvalue weighted by Crippen LogP contribution is 2.16. The monoisotopic (exact) mass is 280 g/mol. The van der Waals surface area contributed by atoms with Crippen LogP contribution in [0.2, 0.25) is 0 Å². The van der Waals surface area contributed by atoms with E-state index in [-0.39, 0.29) is 25.1 Å². The molecule has 1 heterocycles. The quantitative estimate of drug-likeness (QED) is 0.473. The molecule has 1 N–H and O–H groups in total. The molecule has 0 aliphatic carbocycles. The van der Waals surface area contributed by atoms with Crippen LogP contribution >= 0.6 is 0 Å². The van der Waals surface area contributed by atoms with Crippen LogP contribution in [0.4, 0.5) is 0 Å². The van der Waals surface area contributed by atoms with Crippen LogP contribution in [0.1, 0.15) is 12.0 Å². The van der Waals surface area contributed by atoms with E-state index >= 15 is 0 Å². The van der Waals surface area contributed by atoms with E-state index in [4.69, 9.17) is 4.74 Å². The lowest BCUT2D eigenvalue weighted by molar-refractivity contribution is -0.759. The number of rotatable bonds is 6. The number of ether oxygens (including phenoxy) is 1. The normalized spacial score (nSPS) is 21.4. The molecule has 0 bridgehead atoms. The molecule has 1 saturated heterocycles. The number of nitrogens with zero attached hydrogens (tertiary/aromatic N) is 1. The molecule has 7 heteroatoms.